The van der Waals surface area contributed by atoms with E-state index in [9.17, 15) is 0 Å². The average molecular weight is 325 g/mol. The molecule has 0 N–H and O–H groups in total. The predicted molar refractivity (Wildman–Crippen MR) is 105 cm³/mol. The van der Waals surface area contributed by atoms with Crippen LogP contribution < -0.4 is 0 Å². The van der Waals surface area contributed by atoms with Gasteiger partial charge in [-0.1, -0.05) is 84.3 Å². The standard InChI is InChI=1S/C22H44O/c1-7-23-18-17-22(6)16-10-15-21(5)14-9-13-20(4)12-8-11-19(2)3/h17,19-21H,7-16,18H2,1-6H3. The van der Waals surface area contributed by atoms with Crippen LogP contribution >= 0.6 is 0 Å². The summed E-state index contributed by atoms with van der Waals surface area (Å²) in [6.07, 6.45) is 14.7. The molecular weight excluding hydrogens is 280 g/mol. The van der Waals surface area contributed by atoms with Crippen molar-refractivity contribution in [3.8, 4) is 0 Å². The van der Waals surface area contributed by atoms with Crippen LogP contribution in [0.3, 0.4) is 0 Å². The van der Waals surface area contributed by atoms with Gasteiger partial charge in [-0.3, -0.25) is 0 Å². The Labute approximate surface area is 147 Å². The summed E-state index contributed by atoms with van der Waals surface area (Å²) in [6, 6.07) is 0. The quantitative estimate of drug-likeness (QED) is 0.225. The summed E-state index contributed by atoms with van der Waals surface area (Å²) in [5.41, 5.74) is 1.49. The van der Waals surface area contributed by atoms with E-state index >= 15 is 0 Å². The summed E-state index contributed by atoms with van der Waals surface area (Å²) in [5, 5.41) is 0. The second-order valence-electron chi connectivity index (χ2n) is 8.07. The molecule has 0 saturated carbocycles. The third-order valence-electron chi connectivity index (χ3n) is 4.89. The van der Waals surface area contributed by atoms with E-state index in [0.29, 0.717) is 0 Å². The van der Waals surface area contributed by atoms with Crippen LogP contribution in [0.15, 0.2) is 11.6 Å². The lowest BCUT2D eigenvalue weighted by Gasteiger charge is -2.15. The van der Waals surface area contributed by atoms with Gasteiger partial charge < -0.3 is 4.74 Å². The van der Waals surface area contributed by atoms with Crippen LogP contribution in [0.5, 0.6) is 0 Å². The molecule has 0 amide bonds. The fourth-order valence-corrected chi connectivity index (χ4v) is 3.13. The fourth-order valence-electron chi connectivity index (χ4n) is 3.13. The summed E-state index contributed by atoms with van der Waals surface area (Å²) < 4.78 is 5.37. The summed E-state index contributed by atoms with van der Waals surface area (Å²) in [7, 11) is 0. The highest BCUT2D eigenvalue weighted by atomic mass is 16.5. The largest absolute Gasteiger partial charge is 0.378 e. The number of rotatable bonds is 15. The lowest BCUT2D eigenvalue weighted by molar-refractivity contribution is 0.177. The van der Waals surface area contributed by atoms with Gasteiger partial charge in [-0.15, -0.1) is 0 Å². The molecule has 1 heteroatoms. The number of hydrogen-bond acceptors (Lipinski definition) is 1. The molecular formula is C22H44O. The Bertz CT molecular complexity index is 280. The predicted octanol–water partition coefficient (Wildman–Crippen LogP) is 7.41. The van der Waals surface area contributed by atoms with Gasteiger partial charge in [0, 0.05) is 6.61 Å². The molecule has 0 aliphatic rings. The van der Waals surface area contributed by atoms with Gasteiger partial charge in [0.05, 0.1) is 6.61 Å². The summed E-state index contributed by atoms with van der Waals surface area (Å²) in [5.74, 6) is 2.68. The molecule has 0 saturated heterocycles. The van der Waals surface area contributed by atoms with Crippen LogP contribution in [0.1, 0.15) is 99.3 Å². The van der Waals surface area contributed by atoms with Gasteiger partial charge in [-0.2, -0.15) is 0 Å². The van der Waals surface area contributed by atoms with Crippen LogP contribution in [0, 0.1) is 17.8 Å². The first-order valence-corrected chi connectivity index (χ1v) is 10.2. The van der Waals surface area contributed by atoms with E-state index in [1.54, 1.807) is 0 Å². The molecule has 23 heavy (non-hydrogen) atoms. The smallest absolute Gasteiger partial charge is 0.0649 e. The zero-order valence-corrected chi connectivity index (χ0v) is 17.0. The Morgan fingerprint density at radius 1 is 0.826 bits per heavy atom. The van der Waals surface area contributed by atoms with Crippen molar-refractivity contribution in [3.63, 3.8) is 0 Å². The zero-order valence-electron chi connectivity index (χ0n) is 17.0. The van der Waals surface area contributed by atoms with Gasteiger partial charge in [0.15, 0.2) is 0 Å². The van der Waals surface area contributed by atoms with Gasteiger partial charge >= 0.3 is 0 Å². The lowest BCUT2D eigenvalue weighted by Crippen LogP contribution is -2.00. The molecule has 0 bridgehead atoms. The molecule has 0 spiro atoms. The maximum atomic E-state index is 5.37. The minimum atomic E-state index is 0.784. The highest BCUT2D eigenvalue weighted by Gasteiger charge is 2.06. The minimum Gasteiger partial charge on any atom is -0.378 e. The van der Waals surface area contributed by atoms with Crippen molar-refractivity contribution in [3.05, 3.63) is 11.6 Å². The van der Waals surface area contributed by atoms with Crippen molar-refractivity contribution < 1.29 is 4.74 Å². The molecule has 1 nitrogen and oxygen atoms in total. The van der Waals surface area contributed by atoms with Gasteiger partial charge in [-0.05, 0) is 44.4 Å². The van der Waals surface area contributed by atoms with Gasteiger partial charge in [0.2, 0.25) is 0 Å². The highest BCUT2D eigenvalue weighted by Crippen LogP contribution is 2.21. The monoisotopic (exact) mass is 324 g/mol. The maximum Gasteiger partial charge on any atom is 0.0649 e. The Kier molecular flexibility index (Phi) is 15.0. The van der Waals surface area contributed by atoms with Crippen molar-refractivity contribution in [2.45, 2.75) is 99.3 Å². The molecule has 0 radical (unpaired) electrons. The molecule has 0 fully saturated rings. The average Bonchev–Trinajstić information content (AvgIpc) is 2.47. The van der Waals surface area contributed by atoms with E-state index in [0.717, 1.165) is 31.0 Å². The molecule has 0 aromatic carbocycles. The summed E-state index contributed by atoms with van der Waals surface area (Å²) in [6.45, 7) is 15.4. The van der Waals surface area contributed by atoms with Crippen molar-refractivity contribution in [2.24, 2.45) is 17.8 Å². The minimum absolute atomic E-state index is 0.784. The summed E-state index contributed by atoms with van der Waals surface area (Å²) in [4.78, 5) is 0. The molecule has 0 aromatic heterocycles. The second kappa shape index (κ2) is 15.2. The van der Waals surface area contributed by atoms with Crippen molar-refractivity contribution >= 4 is 0 Å². The maximum absolute atomic E-state index is 5.37. The third-order valence-corrected chi connectivity index (χ3v) is 4.89. The first-order chi connectivity index (χ1) is 11.0. The van der Waals surface area contributed by atoms with Gasteiger partial charge in [-0.25, -0.2) is 0 Å². The van der Waals surface area contributed by atoms with Crippen molar-refractivity contribution in [1.29, 1.82) is 0 Å². The number of ether oxygens (including phenoxy) is 1. The van der Waals surface area contributed by atoms with Crippen LogP contribution in [0.4, 0.5) is 0 Å². The second-order valence-corrected chi connectivity index (χ2v) is 8.07. The van der Waals surface area contributed by atoms with Crippen LogP contribution in [0.2, 0.25) is 0 Å². The van der Waals surface area contributed by atoms with Crippen LogP contribution in [-0.4, -0.2) is 13.2 Å². The van der Waals surface area contributed by atoms with E-state index in [1.807, 2.05) is 0 Å². The zero-order chi connectivity index (χ0) is 17.5. The fraction of sp³-hybridized carbons (Fsp3) is 0.909. The van der Waals surface area contributed by atoms with Gasteiger partial charge in [0.1, 0.15) is 0 Å². The molecule has 0 aliphatic carbocycles. The third kappa shape index (κ3) is 16.3. The van der Waals surface area contributed by atoms with E-state index in [-0.39, 0.29) is 0 Å². The molecule has 0 aliphatic heterocycles. The van der Waals surface area contributed by atoms with Crippen LogP contribution in [-0.2, 0) is 4.74 Å². The first kappa shape index (κ1) is 22.7. The number of hydrogen-bond donors (Lipinski definition) is 0. The Hall–Kier alpha value is -0.300. The molecule has 0 aromatic rings. The first-order valence-electron chi connectivity index (χ1n) is 10.2. The van der Waals surface area contributed by atoms with Crippen LogP contribution in [0.25, 0.3) is 0 Å². The van der Waals surface area contributed by atoms with E-state index in [1.165, 1.54) is 63.4 Å². The van der Waals surface area contributed by atoms with E-state index in [2.05, 4.69) is 47.6 Å². The Balaban J connectivity index is 3.56. The molecule has 138 valence electrons. The summed E-state index contributed by atoms with van der Waals surface area (Å²) >= 11 is 0. The number of allylic oxidation sites excluding steroid dienone is 1. The highest BCUT2D eigenvalue weighted by molar-refractivity contribution is 4.97. The molecule has 0 heterocycles. The molecule has 2 unspecified atom stereocenters. The topological polar surface area (TPSA) is 9.23 Å². The SMILES string of the molecule is CCOCC=C(C)CCCC(C)CCCC(C)CCCC(C)C. The Morgan fingerprint density at radius 3 is 1.87 bits per heavy atom. The molecule has 0 rings (SSSR count). The van der Waals surface area contributed by atoms with Gasteiger partial charge in [0.25, 0.3) is 0 Å². The van der Waals surface area contributed by atoms with E-state index < -0.39 is 0 Å². The van der Waals surface area contributed by atoms with Crippen molar-refractivity contribution in [2.75, 3.05) is 13.2 Å². The normalized spacial score (nSPS) is 15.2. The molecule has 2 atom stereocenters. The Morgan fingerprint density at radius 2 is 1.35 bits per heavy atom. The van der Waals surface area contributed by atoms with E-state index in [4.69, 9.17) is 4.74 Å². The lowest BCUT2D eigenvalue weighted by atomic mass is 9.91. The van der Waals surface area contributed by atoms with Crippen molar-refractivity contribution in [1.82, 2.24) is 0 Å².